The highest BCUT2D eigenvalue weighted by atomic mass is 35.5. The van der Waals surface area contributed by atoms with E-state index in [4.69, 9.17) is 11.6 Å². The smallest absolute Gasteiger partial charge is 0.311 e. The summed E-state index contributed by atoms with van der Waals surface area (Å²) in [5.74, 6) is 0.128. The van der Waals surface area contributed by atoms with Gasteiger partial charge < -0.3 is 5.32 Å². The molecule has 0 saturated carbocycles. The standard InChI is InChI=1S/C15H10ClN3O2/c16-14-8-7-13(19(20)21)15(18-14)17-12-6-5-10-3-1-2-4-11(10)9-12/h1-9H,(H,17,18). The molecule has 1 aromatic heterocycles. The predicted molar refractivity (Wildman–Crippen MR) is 83.1 cm³/mol. The number of fused-ring (bicyclic) bond motifs is 1. The Bertz CT molecular complexity index is 836. The van der Waals surface area contributed by atoms with E-state index in [9.17, 15) is 10.1 Å². The maximum Gasteiger partial charge on any atom is 0.311 e. The molecule has 3 aromatic rings. The lowest BCUT2D eigenvalue weighted by Gasteiger charge is -2.07. The molecule has 21 heavy (non-hydrogen) atoms. The Morgan fingerprint density at radius 3 is 2.57 bits per heavy atom. The number of anilines is 2. The van der Waals surface area contributed by atoms with Crippen LogP contribution in [0, 0.1) is 10.1 Å². The van der Waals surface area contributed by atoms with Crippen molar-refractivity contribution >= 4 is 39.6 Å². The summed E-state index contributed by atoms with van der Waals surface area (Å²) in [5, 5.41) is 16.3. The summed E-state index contributed by atoms with van der Waals surface area (Å²) in [6.07, 6.45) is 0. The molecular weight excluding hydrogens is 290 g/mol. The third-order valence-electron chi connectivity index (χ3n) is 3.05. The SMILES string of the molecule is O=[N+]([O-])c1ccc(Cl)nc1Nc1ccc2ccccc2c1. The molecule has 0 aliphatic carbocycles. The number of hydrogen-bond acceptors (Lipinski definition) is 4. The summed E-state index contributed by atoms with van der Waals surface area (Å²) in [6, 6.07) is 16.3. The summed E-state index contributed by atoms with van der Waals surface area (Å²) in [6.45, 7) is 0. The van der Waals surface area contributed by atoms with Crippen LogP contribution in [0.3, 0.4) is 0 Å². The van der Waals surface area contributed by atoms with Gasteiger partial charge >= 0.3 is 5.69 Å². The van der Waals surface area contributed by atoms with Gasteiger partial charge in [-0.2, -0.15) is 0 Å². The fourth-order valence-corrected chi connectivity index (χ4v) is 2.22. The largest absolute Gasteiger partial charge is 0.334 e. The van der Waals surface area contributed by atoms with E-state index in [2.05, 4.69) is 10.3 Å². The molecule has 3 rings (SSSR count). The molecule has 6 heteroatoms. The van der Waals surface area contributed by atoms with Crippen molar-refractivity contribution in [3.05, 3.63) is 69.9 Å². The second-order valence-electron chi connectivity index (χ2n) is 4.45. The highest BCUT2D eigenvalue weighted by Gasteiger charge is 2.15. The van der Waals surface area contributed by atoms with Gasteiger partial charge in [0.15, 0.2) is 0 Å². The minimum Gasteiger partial charge on any atom is -0.334 e. The lowest BCUT2D eigenvalue weighted by atomic mass is 10.1. The number of halogens is 1. The van der Waals surface area contributed by atoms with Gasteiger partial charge in [0.05, 0.1) is 4.92 Å². The molecule has 0 atom stereocenters. The molecule has 0 unspecified atom stereocenters. The van der Waals surface area contributed by atoms with Crippen molar-refractivity contribution in [2.24, 2.45) is 0 Å². The van der Waals surface area contributed by atoms with Crippen molar-refractivity contribution in [2.75, 3.05) is 5.32 Å². The van der Waals surface area contributed by atoms with Gasteiger partial charge in [0.1, 0.15) is 5.15 Å². The zero-order chi connectivity index (χ0) is 14.8. The molecule has 0 aliphatic rings. The highest BCUT2D eigenvalue weighted by molar-refractivity contribution is 6.29. The van der Waals surface area contributed by atoms with Crippen LogP contribution in [0.5, 0.6) is 0 Å². The van der Waals surface area contributed by atoms with Gasteiger partial charge in [0.2, 0.25) is 5.82 Å². The number of nitrogens with one attached hydrogen (secondary N) is 1. The monoisotopic (exact) mass is 299 g/mol. The quantitative estimate of drug-likeness (QED) is 0.438. The summed E-state index contributed by atoms with van der Waals surface area (Å²) in [5.41, 5.74) is 0.596. The maximum atomic E-state index is 11.0. The Balaban J connectivity index is 2.02. The fourth-order valence-electron chi connectivity index (χ4n) is 2.07. The Morgan fingerprint density at radius 1 is 1.05 bits per heavy atom. The van der Waals surface area contributed by atoms with Crippen LogP contribution in [0.25, 0.3) is 10.8 Å². The zero-order valence-electron chi connectivity index (χ0n) is 10.8. The first-order chi connectivity index (χ1) is 10.1. The van der Waals surface area contributed by atoms with E-state index in [1.807, 2.05) is 42.5 Å². The lowest BCUT2D eigenvalue weighted by molar-refractivity contribution is -0.384. The number of benzene rings is 2. The molecule has 0 fully saturated rings. The Labute approximate surface area is 125 Å². The fraction of sp³-hybridized carbons (Fsp3) is 0. The van der Waals surface area contributed by atoms with Crippen LogP contribution in [0.4, 0.5) is 17.2 Å². The Hall–Kier alpha value is -2.66. The summed E-state index contributed by atoms with van der Waals surface area (Å²) < 4.78 is 0. The lowest BCUT2D eigenvalue weighted by Crippen LogP contribution is -1.99. The second-order valence-corrected chi connectivity index (χ2v) is 4.83. The van der Waals surface area contributed by atoms with Gasteiger partial charge in [0, 0.05) is 11.8 Å². The van der Waals surface area contributed by atoms with Crippen molar-refractivity contribution in [2.45, 2.75) is 0 Å². The molecule has 1 heterocycles. The first-order valence-electron chi connectivity index (χ1n) is 6.20. The van der Waals surface area contributed by atoms with Crippen LogP contribution in [-0.2, 0) is 0 Å². The molecule has 0 spiro atoms. The van der Waals surface area contributed by atoms with Crippen LogP contribution in [0.1, 0.15) is 0 Å². The maximum absolute atomic E-state index is 11.0. The molecule has 0 aliphatic heterocycles. The van der Waals surface area contributed by atoms with E-state index in [0.717, 1.165) is 10.8 Å². The number of nitro groups is 1. The van der Waals surface area contributed by atoms with Crippen molar-refractivity contribution in [1.82, 2.24) is 4.98 Å². The van der Waals surface area contributed by atoms with E-state index in [1.165, 1.54) is 12.1 Å². The van der Waals surface area contributed by atoms with E-state index < -0.39 is 4.92 Å². The predicted octanol–water partition coefficient (Wildman–Crippen LogP) is 4.54. The van der Waals surface area contributed by atoms with Crippen LogP contribution in [-0.4, -0.2) is 9.91 Å². The average Bonchev–Trinajstić information content (AvgIpc) is 2.47. The number of rotatable bonds is 3. The van der Waals surface area contributed by atoms with Gasteiger partial charge in [0.25, 0.3) is 0 Å². The van der Waals surface area contributed by atoms with Gasteiger partial charge in [-0.15, -0.1) is 0 Å². The topological polar surface area (TPSA) is 68.1 Å². The number of pyridine rings is 1. The van der Waals surface area contributed by atoms with Crippen molar-refractivity contribution in [1.29, 1.82) is 0 Å². The number of nitrogens with zero attached hydrogens (tertiary/aromatic N) is 2. The summed E-state index contributed by atoms with van der Waals surface area (Å²) in [4.78, 5) is 14.5. The van der Waals surface area contributed by atoms with Gasteiger partial charge in [-0.3, -0.25) is 10.1 Å². The van der Waals surface area contributed by atoms with E-state index in [-0.39, 0.29) is 16.7 Å². The third kappa shape index (κ3) is 2.78. The molecule has 0 amide bonds. The van der Waals surface area contributed by atoms with Crippen molar-refractivity contribution in [3.8, 4) is 0 Å². The van der Waals surface area contributed by atoms with Gasteiger partial charge in [-0.25, -0.2) is 4.98 Å². The van der Waals surface area contributed by atoms with Gasteiger partial charge in [-0.05, 0) is 29.0 Å². The molecule has 0 radical (unpaired) electrons. The normalized spacial score (nSPS) is 10.5. The molecule has 2 aromatic carbocycles. The average molecular weight is 300 g/mol. The molecule has 0 saturated heterocycles. The van der Waals surface area contributed by atoms with Crippen LogP contribution >= 0.6 is 11.6 Å². The number of hydrogen-bond donors (Lipinski definition) is 1. The van der Waals surface area contributed by atoms with Gasteiger partial charge in [-0.1, -0.05) is 41.9 Å². The zero-order valence-corrected chi connectivity index (χ0v) is 11.5. The van der Waals surface area contributed by atoms with E-state index in [1.54, 1.807) is 0 Å². The Morgan fingerprint density at radius 2 is 1.81 bits per heavy atom. The molecule has 5 nitrogen and oxygen atoms in total. The first kappa shape index (κ1) is 13.3. The second kappa shape index (κ2) is 5.38. The van der Waals surface area contributed by atoms with E-state index in [0.29, 0.717) is 5.69 Å². The minimum absolute atomic E-state index is 0.118. The molecule has 0 bridgehead atoms. The molecular formula is C15H10ClN3O2. The number of aromatic nitrogens is 1. The summed E-state index contributed by atoms with van der Waals surface area (Å²) >= 11 is 5.81. The van der Waals surface area contributed by atoms with Crippen molar-refractivity contribution < 1.29 is 4.92 Å². The Kier molecular flexibility index (Phi) is 3.41. The molecule has 1 N–H and O–H groups in total. The van der Waals surface area contributed by atoms with Crippen LogP contribution in [0.2, 0.25) is 5.15 Å². The first-order valence-corrected chi connectivity index (χ1v) is 6.58. The summed E-state index contributed by atoms with van der Waals surface area (Å²) in [7, 11) is 0. The third-order valence-corrected chi connectivity index (χ3v) is 3.26. The van der Waals surface area contributed by atoms with Crippen LogP contribution in [0.15, 0.2) is 54.6 Å². The molecule has 104 valence electrons. The van der Waals surface area contributed by atoms with Crippen molar-refractivity contribution in [3.63, 3.8) is 0 Å². The van der Waals surface area contributed by atoms with Crippen LogP contribution < -0.4 is 5.32 Å². The van der Waals surface area contributed by atoms with E-state index >= 15 is 0 Å². The highest BCUT2D eigenvalue weighted by Crippen LogP contribution is 2.28. The minimum atomic E-state index is -0.493.